The molecule has 4 amide bonds. The molecule has 19 heavy (non-hydrogen) atoms. The third kappa shape index (κ3) is 2.80. The Morgan fingerprint density at radius 3 is 2.79 bits per heavy atom. The molecule has 2 aliphatic heterocycles. The molecule has 106 valence electrons. The van der Waals surface area contributed by atoms with Crippen LogP contribution in [0.2, 0.25) is 0 Å². The molecule has 1 atom stereocenters. The summed E-state index contributed by atoms with van der Waals surface area (Å²) in [6, 6.07) is -0.498. The van der Waals surface area contributed by atoms with Crippen LogP contribution < -0.4 is 10.6 Å². The molecule has 2 heterocycles. The van der Waals surface area contributed by atoms with Crippen molar-refractivity contribution in [1.82, 2.24) is 15.5 Å². The van der Waals surface area contributed by atoms with Gasteiger partial charge in [-0.3, -0.25) is 10.1 Å². The van der Waals surface area contributed by atoms with E-state index in [2.05, 4.69) is 10.6 Å². The standard InChI is InChI=1S/C12H19N3O4/c1-8(2)6-19-11(18)15-5-3-4-12(7-15)9(16)13-10(17)14-12/h8H,3-7H2,1-2H3,(H2,13,14,16,17). The van der Waals surface area contributed by atoms with Crippen LogP contribution in [0.5, 0.6) is 0 Å². The minimum Gasteiger partial charge on any atom is -0.449 e. The molecule has 0 aromatic heterocycles. The van der Waals surface area contributed by atoms with Crippen molar-refractivity contribution in [1.29, 1.82) is 0 Å². The number of hydrogen-bond donors (Lipinski definition) is 2. The van der Waals surface area contributed by atoms with Crippen molar-refractivity contribution < 1.29 is 19.1 Å². The molecule has 1 spiro atoms. The van der Waals surface area contributed by atoms with Crippen molar-refractivity contribution in [2.45, 2.75) is 32.2 Å². The molecule has 2 fully saturated rings. The second-order valence-corrected chi connectivity index (χ2v) is 5.49. The van der Waals surface area contributed by atoms with Crippen LogP contribution >= 0.6 is 0 Å². The normalized spacial score (nSPS) is 26.6. The predicted molar refractivity (Wildman–Crippen MR) is 66.4 cm³/mol. The first-order valence-electron chi connectivity index (χ1n) is 6.48. The topological polar surface area (TPSA) is 87.7 Å². The average molecular weight is 269 g/mol. The molecular weight excluding hydrogens is 250 g/mol. The fourth-order valence-corrected chi connectivity index (χ4v) is 2.36. The van der Waals surface area contributed by atoms with Crippen LogP contribution in [0.3, 0.4) is 0 Å². The van der Waals surface area contributed by atoms with Crippen molar-refractivity contribution in [3.05, 3.63) is 0 Å². The van der Waals surface area contributed by atoms with Gasteiger partial charge in [-0.2, -0.15) is 0 Å². The second kappa shape index (κ2) is 5.07. The summed E-state index contributed by atoms with van der Waals surface area (Å²) in [4.78, 5) is 36.4. The van der Waals surface area contributed by atoms with E-state index < -0.39 is 17.7 Å². The highest BCUT2D eigenvalue weighted by molar-refractivity contribution is 6.07. The molecule has 0 aliphatic carbocycles. The van der Waals surface area contributed by atoms with Crippen molar-refractivity contribution in [2.24, 2.45) is 5.92 Å². The van der Waals surface area contributed by atoms with E-state index in [-0.39, 0.29) is 18.4 Å². The molecule has 2 rings (SSSR count). The maximum absolute atomic E-state index is 11.9. The number of piperidine rings is 1. The van der Waals surface area contributed by atoms with E-state index in [1.807, 2.05) is 13.8 Å². The van der Waals surface area contributed by atoms with Gasteiger partial charge in [0, 0.05) is 6.54 Å². The largest absolute Gasteiger partial charge is 0.449 e. The van der Waals surface area contributed by atoms with Gasteiger partial charge >= 0.3 is 12.1 Å². The van der Waals surface area contributed by atoms with E-state index >= 15 is 0 Å². The molecule has 0 radical (unpaired) electrons. The van der Waals surface area contributed by atoms with E-state index in [0.29, 0.717) is 26.0 Å². The zero-order chi connectivity index (χ0) is 14.0. The molecule has 2 aliphatic rings. The van der Waals surface area contributed by atoms with Gasteiger partial charge in [-0.05, 0) is 18.8 Å². The number of urea groups is 1. The maximum Gasteiger partial charge on any atom is 0.409 e. The van der Waals surface area contributed by atoms with Gasteiger partial charge in [-0.15, -0.1) is 0 Å². The monoisotopic (exact) mass is 269 g/mol. The molecule has 2 N–H and O–H groups in total. The third-order valence-corrected chi connectivity index (χ3v) is 3.31. The summed E-state index contributed by atoms with van der Waals surface area (Å²) in [7, 11) is 0. The first-order chi connectivity index (χ1) is 8.93. The number of nitrogens with one attached hydrogen (secondary N) is 2. The minimum atomic E-state index is -0.980. The number of hydrogen-bond acceptors (Lipinski definition) is 4. The molecule has 0 aromatic rings. The van der Waals surface area contributed by atoms with Gasteiger partial charge in [0.25, 0.3) is 5.91 Å². The quantitative estimate of drug-likeness (QED) is 0.713. The Bertz CT molecular complexity index is 410. The number of likely N-dealkylation sites (tertiary alicyclic amines) is 1. The van der Waals surface area contributed by atoms with Crippen LogP contribution in [0.1, 0.15) is 26.7 Å². The van der Waals surface area contributed by atoms with Crippen LogP contribution in [0.25, 0.3) is 0 Å². The Kier molecular flexibility index (Phi) is 3.64. The SMILES string of the molecule is CC(C)COC(=O)N1CCCC2(C1)NC(=O)NC2=O. The van der Waals surface area contributed by atoms with E-state index in [1.165, 1.54) is 4.90 Å². The van der Waals surface area contributed by atoms with Crippen LogP contribution in [-0.4, -0.2) is 48.2 Å². The summed E-state index contributed by atoms with van der Waals surface area (Å²) in [5.74, 6) is -0.101. The lowest BCUT2D eigenvalue weighted by Crippen LogP contribution is -2.59. The number of carbonyl (C=O) groups excluding carboxylic acids is 3. The molecule has 2 saturated heterocycles. The van der Waals surface area contributed by atoms with E-state index in [1.54, 1.807) is 0 Å². The Labute approximate surface area is 111 Å². The van der Waals surface area contributed by atoms with Crippen LogP contribution in [0, 0.1) is 5.92 Å². The fourth-order valence-electron chi connectivity index (χ4n) is 2.36. The molecule has 0 saturated carbocycles. The van der Waals surface area contributed by atoms with E-state index in [9.17, 15) is 14.4 Å². The number of carbonyl (C=O) groups is 3. The number of imide groups is 1. The van der Waals surface area contributed by atoms with Gasteiger partial charge in [-0.1, -0.05) is 13.8 Å². The highest BCUT2D eigenvalue weighted by Gasteiger charge is 2.49. The molecule has 0 bridgehead atoms. The third-order valence-electron chi connectivity index (χ3n) is 3.31. The van der Waals surface area contributed by atoms with Crippen molar-refractivity contribution in [3.8, 4) is 0 Å². The number of ether oxygens (including phenoxy) is 1. The summed E-state index contributed by atoms with van der Waals surface area (Å²) in [5, 5.41) is 4.84. The Balaban J connectivity index is 1.99. The van der Waals surface area contributed by atoms with Gasteiger partial charge in [0.05, 0.1) is 13.2 Å². The van der Waals surface area contributed by atoms with Crippen LogP contribution in [0.4, 0.5) is 9.59 Å². The molecular formula is C12H19N3O4. The van der Waals surface area contributed by atoms with Crippen molar-refractivity contribution >= 4 is 18.0 Å². The summed E-state index contributed by atoms with van der Waals surface area (Å²) in [6.07, 6.45) is 0.768. The molecule has 0 aromatic carbocycles. The molecule has 7 nitrogen and oxygen atoms in total. The first-order valence-corrected chi connectivity index (χ1v) is 6.48. The first kappa shape index (κ1) is 13.6. The summed E-state index contributed by atoms with van der Waals surface area (Å²) in [6.45, 7) is 4.97. The lowest BCUT2D eigenvalue weighted by atomic mass is 9.89. The lowest BCUT2D eigenvalue weighted by Gasteiger charge is -2.37. The molecule has 1 unspecified atom stereocenters. The molecule has 7 heteroatoms. The number of nitrogens with zero attached hydrogens (tertiary/aromatic N) is 1. The van der Waals surface area contributed by atoms with Gasteiger partial charge in [0.15, 0.2) is 0 Å². The van der Waals surface area contributed by atoms with Gasteiger partial charge in [-0.25, -0.2) is 9.59 Å². The summed E-state index contributed by atoms with van der Waals surface area (Å²) in [5.41, 5.74) is -0.980. The zero-order valence-corrected chi connectivity index (χ0v) is 11.2. The second-order valence-electron chi connectivity index (χ2n) is 5.49. The van der Waals surface area contributed by atoms with Gasteiger partial charge in [0.1, 0.15) is 5.54 Å². The predicted octanol–water partition coefficient (Wildman–Crippen LogP) is 0.453. The fraction of sp³-hybridized carbons (Fsp3) is 0.750. The average Bonchev–Trinajstić information content (AvgIpc) is 2.61. The summed E-state index contributed by atoms with van der Waals surface area (Å²) >= 11 is 0. The highest BCUT2D eigenvalue weighted by atomic mass is 16.6. The Morgan fingerprint density at radius 1 is 1.47 bits per heavy atom. The minimum absolute atomic E-state index is 0.168. The summed E-state index contributed by atoms with van der Waals surface area (Å²) < 4.78 is 5.15. The van der Waals surface area contributed by atoms with Gasteiger partial charge in [0.2, 0.25) is 0 Å². The number of rotatable bonds is 2. The van der Waals surface area contributed by atoms with Crippen molar-refractivity contribution in [3.63, 3.8) is 0 Å². The lowest BCUT2D eigenvalue weighted by molar-refractivity contribution is -0.125. The Hall–Kier alpha value is -1.79. The Morgan fingerprint density at radius 2 is 2.21 bits per heavy atom. The number of amides is 4. The van der Waals surface area contributed by atoms with Crippen LogP contribution in [0.15, 0.2) is 0 Å². The van der Waals surface area contributed by atoms with Gasteiger partial charge < -0.3 is 15.0 Å². The maximum atomic E-state index is 11.9. The van der Waals surface area contributed by atoms with Crippen LogP contribution in [-0.2, 0) is 9.53 Å². The zero-order valence-electron chi connectivity index (χ0n) is 11.2. The van der Waals surface area contributed by atoms with E-state index in [0.717, 1.165) is 0 Å². The highest BCUT2D eigenvalue weighted by Crippen LogP contribution is 2.24. The smallest absolute Gasteiger partial charge is 0.409 e. The van der Waals surface area contributed by atoms with E-state index in [4.69, 9.17) is 4.74 Å². The van der Waals surface area contributed by atoms with Crippen molar-refractivity contribution in [2.75, 3.05) is 19.7 Å².